The number of halogens is 1. The first-order valence-electron chi connectivity index (χ1n) is 8.74. The fourth-order valence-corrected chi connectivity index (χ4v) is 3.87. The van der Waals surface area contributed by atoms with Gasteiger partial charge in [0.1, 0.15) is 4.83 Å². The van der Waals surface area contributed by atoms with E-state index in [1.165, 1.54) is 11.3 Å². The number of carbonyl (C=O) groups is 2. The summed E-state index contributed by atoms with van der Waals surface area (Å²) >= 11 is 7.31. The van der Waals surface area contributed by atoms with Crippen LogP contribution in [0.3, 0.4) is 0 Å². The Balaban J connectivity index is 1.74. The molecule has 0 fully saturated rings. The molecule has 2 N–H and O–H groups in total. The molecule has 0 aliphatic rings. The lowest BCUT2D eigenvalue weighted by atomic mass is 10.2. The van der Waals surface area contributed by atoms with Gasteiger partial charge in [0.15, 0.2) is 0 Å². The molecule has 8 heteroatoms. The summed E-state index contributed by atoms with van der Waals surface area (Å²) in [6.45, 7) is 5.09. The van der Waals surface area contributed by atoms with Crippen molar-refractivity contribution in [1.29, 1.82) is 0 Å². The fourth-order valence-electron chi connectivity index (χ4n) is 2.67. The van der Waals surface area contributed by atoms with Crippen LogP contribution in [-0.4, -0.2) is 34.7 Å². The lowest BCUT2D eigenvalue weighted by Gasteiger charge is -2.05. The fraction of sp³-hybridized carbons (Fsp3) is 0.316. The van der Waals surface area contributed by atoms with Gasteiger partial charge in [-0.2, -0.15) is 5.10 Å². The minimum atomic E-state index is -0.250. The molecule has 0 radical (unpaired) electrons. The first kappa shape index (κ1) is 19.4. The van der Waals surface area contributed by atoms with Gasteiger partial charge in [-0.1, -0.05) is 30.7 Å². The highest BCUT2D eigenvalue weighted by atomic mass is 35.5. The molecular weight excluding hydrogens is 384 g/mol. The summed E-state index contributed by atoms with van der Waals surface area (Å²) in [5.74, 6) is -0.434. The van der Waals surface area contributed by atoms with E-state index in [-0.39, 0.29) is 18.4 Å². The second-order valence-corrected chi connectivity index (χ2v) is 7.70. The molecule has 2 aromatic heterocycles. The molecule has 0 bridgehead atoms. The maximum atomic E-state index is 12.4. The second-order valence-electron chi connectivity index (χ2n) is 6.23. The number of benzene rings is 1. The molecule has 27 heavy (non-hydrogen) atoms. The number of aryl methyl sites for hydroxylation is 1. The minimum Gasteiger partial charge on any atom is -0.355 e. The van der Waals surface area contributed by atoms with Crippen LogP contribution in [0.5, 0.6) is 0 Å². The van der Waals surface area contributed by atoms with E-state index in [0.717, 1.165) is 27.9 Å². The van der Waals surface area contributed by atoms with Gasteiger partial charge in [0.25, 0.3) is 5.91 Å². The monoisotopic (exact) mass is 404 g/mol. The van der Waals surface area contributed by atoms with Crippen LogP contribution in [-0.2, 0) is 11.3 Å². The highest BCUT2D eigenvalue weighted by molar-refractivity contribution is 7.20. The van der Waals surface area contributed by atoms with Crippen molar-refractivity contribution >= 4 is 45.0 Å². The Kier molecular flexibility index (Phi) is 6.13. The lowest BCUT2D eigenvalue weighted by Crippen LogP contribution is -2.36. The van der Waals surface area contributed by atoms with E-state index in [4.69, 9.17) is 11.6 Å². The van der Waals surface area contributed by atoms with Crippen LogP contribution in [0, 0.1) is 6.92 Å². The molecule has 0 aliphatic carbocycles. The van der Waals surface area contributed by atoms with Crippen LogP contribution in [0.25, 0.3) is 10.2 Å². The Bertz CT molecular complexity index is 962. The van der Waals surface area contributed by atoms with Crippen molar-refractivity contribution < 1.29 is 9.59 Å². The van der Waals surface area contributed by atoms with Crippen molar-refractivity contribution in [1.82, 2.24) is 20.4 Å². The Hall–Kier alpha value is -2.38. The van der Waals surface area contributed by atoms with Crippen LogP contribution in [0.15, 0.2) is 30.3 Å². The number of rotatable bonds is 7. The van der Waals surface area contributed by atoms with Crippen molar-refractivity contribution in [3.05, 3.63) is 51.5 Å². The smallest absolute Gasteiger partial charge is 0.261 e. The van der Waals surface area contributed by atoms with Gasteiger partial charge in [0.2, 0.25) is 5.91 Å². The summed E-state index contributed by atoms with van der Waals surface area (Å²) in [6, 6.07) is 9.45. The van der Waals surface area contributed by atoms with Crippen molar-refractivity contribution in [2.45, 2.75) is 26.8 Å². The van der Waals surface area contributed by atoms with E-state index in [9.17, 15) is 9.59 Å². The number of carbonyl (C=O) groups excluding carboxylic acids is 2. The van der Waals surface area contributed by atoms with Crippen LogP contribution in [0.4, 0.5) is 0 Å². The zero-order valence-electron chi connectivity index (χ0n) is 15.2. The Morgan fingerprint density at radius 3 is 2.67 bits per heavy atom. The summed E-state index contributed by atoms with van der Waals surface area (Å²) < 4.78 is 1.89. The van der Waals surface area contributed by atoms with Crippen LogP contribution in [0.1, 0.15) is 34.3 Å². The summed E-state index contributed by atoms with van der Waals surface area (Å²) in [4.78, 5) is 25.5. The number of amides is 2. The van der Waals surface area contributed by atoms with Crippen LogP contribution < -0.4 is 10.6 Å². The van der Waals surface area contributed by atoms with Gasteiger partial charge in [0, 0.05) is 17.0 Å². The number of hydrogen-bond donors (Lipinski definition) is 2. The van der Waals surface area contributed by atoms with Gasteiger partial charge < -0.3 is 10.6 Å². The Morgan fingerprint density at radius 2 is 1.96 bits per heavy atom. The molecule has 0 spiro atoms. The van der Waals surface area contributed by atoms with Crippen molar-refractivity contribution in [2.75, 3.05) is 13.1 Å². The molecule has 0 saturated heterocycles. The standard InChI is InChI=1S/C19H21ClN4O2S/c1-3-8-21-17(25)10-22-18(26)16-9-15-12(2)23-24(19(15)27-16)11-13-4-6-14(20)7-5-13/h4-7,9H,3,8,10-11H2,1-2H3,(H,21,25)(H,22,26). The topological polar surface area (TPSA) is 76.0 Å². The molecule has 0 saturated carbocycles. The number of nitrogens with one attached hydrogen (secondary N) is 2. The maximum Gasteiger partial charge on any atom is 0.261 e. The molecule has 0 unspecified atom stereocenters. The Morgan fingerprint density at radius 1 is 1.22 bits per heavy atom. The van der Waals surface area contributed by atoms with Gasteiger partial charge in [-0.25, -0.2) is 0 Å². The molecule has 0 aliphatic heterocycles. The Labute approximate surface area is 166 Å². The quantitative estimate of drug-likeness (QED) is 0.634. The molecule has 2 heterocycles. The molecule has 3 aromatic rings. The van der Waals surface area contributed by atoms with Gasteiger partial charge in [-0.3, -0.25) is 14.3 Å². The number of hydrogen-bond acceptors (Lipinski definition) is 4. The first-order chi connectivity index (χ1) is 13.0. The third kappa shape index (κ3) is 4.67. The number of aromatic nitrogens is 2. The van der Waals surface area contributed by atoms with Gasteiger partial charge in [0.05, 0.1) is 23.7 Å². The summed E-state index contributed by atoms with van der Waals surface area (Å²) in [5, 5.41) is 11.6. The molecule has 0 atom stereocenters. The first-order valence-corrected chi connectivity index (χ1v) is 9.93. The van der Waals surface area contributed by atoms with Crippen LogP contribution in [0.2, 0.25) is 5.02 Å². The van der Waals surface area contributed by atoms with E-state index in [1.54, 1.807) is 0 Å². The van der Waals surface area contributed by atoms with Crippen LogP contribution >= 0.6 is 22.9 Å². The number of fused-ring (bicyclic) bond motifs is 1. The molecule has 6 nitrogen and oxygen atoms in total. The van der Waals surface area contributed by atoms with E-state index in [2.05, 4.69) is 15.7 Å². The van der Waals surface area contributed by atoms with Crippen molar-refractivity contribution in [3.8, 4) is 0 Å². The maximum absolute atomic E-state index is 12.4. The predicted octanol–water partition coefficient (Wildman–Crippen LogP) is 3.36. The van der Waals surface area contributed by atoms with Gasteiger partial charge >= 0.3 is 0 Å². The average molecular weight is 405 g/mol. The highest BCUT2D eigenvalue weighted by Gasteiger charge is 2.17. The highest BCUT2D eigenvalue weighted by Crippen LogP contribution is 2.29. The van der Waals surface area contributed by atoms with E-state index >= 15 is 0 Å². The molecular formula is C19H21ClN4O2S. The van der Waals surface area contributed by atoms with Gasteiger partial charge in [-0.05, 0) is 37.1 Å². The minimum absolute atomic E-state index is 0.0248. The van der Waals surface area contributed by atoms with E-state index < -0.39 is 0 Å². The van der Waals surface area contributed by atoms with Gasteiger partial charge in [-0.15, -0.1) is 11.3 Å². The largest absolute Gasteiger partial charge is 0.355 e. The number of nitrogens with zero attached hydrogens (tertiary/aromatic N) is 2. The van der Waals surface area contributed by atoms with E-state index in [1.807, 2.05) is 48.9 Å². The third-order valence-corrected chi connectivity index (χ3v) is 5.46. The zero-order valence-corrected chi connectivity index (χ0v) is 16.8. The van der Waals surface area contributed by atoms with E-state index in [0.29, 0.717) is 23.0 Å². The zero-order chi connectivity index (χ0) is 19.4. The average Bonchev–Trinajstić information content (AvgIpc) is 3.21. The van der Waals surface area contributed by atoms with Crippen molar-refractivity contribution in [2.24, 2.45) is 0 Å². The molecule has 142 valence electrons. The molecule has 2 amide bonds. The second kappa shape index (κ2) is 8.54. The molecule has 1 aromatic carbocycles. The lowest BCUT2D eigenvalue weighted by molar-refractivity contribution is -0.120. The predicted molar refractivity (Wildman–Crippen MR) is 109 cm³/mol. The van der Waals surface area contributed by atoms with Crippen molar-refractivity contribution in [3.63, 3.8) is 0 Å². The SMILES string of the molecule is CCCNC(=O)CNC(=O)c1cc2c(C)nn(Cc3ccc(Cl)cc3)c2s1. The summed E-state index contributed by atoms with van der Waals surface area (Å²) in [6.07, 6.45) is 0.861. The summed E-state index contributed by atoms with van der Waals surface area (Å²) in [5.41, 5.74) is 1.95. The number of thiophene rings is 1. The molecule has 3 rings (SSSR count). The normalized spacial score (nSPS) is 10.9. The third-order valence-electron chi connectivity index (χ3n) is 4.06. The summed E-state index contributed by atoms with van der Waals surface area (Å²) in [7, 11) is 0.